The first-order valence-electron chi connectivity index (χ1n) is 9.70. The van der Waals surface area contributed by atoms with Gasteiger partial charge in [-0.25, -0.2) is 0 Å². The molecule has 3 atom stereocenters. The topological polar surface area (TPSA) is 67.6 Å². The molecule has 1 unspecified atom stereocenters. The van der Waals surface area contributed by atoms with Crippen LogP contribution in [0.25, 0.3) is 0 Å². The van der Waals surface area contributed by atoms with Crippen LogP contribution in [0.4, 0.5) is 5.69 Å². The Morgan fingerprint density at radius 2 is 2.11 bits per heavy atom. The minimum atomic E-state index is -0.0823. The van der Waals surface area contributed by atoms with Crippen LogP contribution in [-0.4, -0.2) is 36.5 Å². The van der Waals surface area contributed by atoms with Gasteiger partial charge in [0.25, 0.3) is 0 Å². The molecule has 0 bridgehead atoms. The number of likely N-dealkylation sites (tertiary alicyclic amines) is 1. The van der Waals surface area contributed by atoms with Crippen LogP contribution in [0.5, 0.6) is 5.75 Å². The molecule has 0 saturated carbocycles. The van der Waals surface area contributed by atoms with Gasteiger partial charge in [-0.2, -0.15) is 0 Å². The second kappa shape index (κ2) is 7.71. The number of nitrogens with two attached hydrogens (primary N) is 1. The quantitative estimate of drug-likeness (QED) is 0.855. The molecule has 1 aliphatic carbocycles. The molecule has 2 aromatic carbocycles. The Morgan fingerprint density at radius 3 is 2.89 bits per heavy atom. The van der Waals surface area contributed by atoms with E-state index >= 15 is 0 Å². The number of carbonyl (C=O) groups is 1. The Labute approximate surface area is 160 Å². The second-order valence-electron chi connectivity index (χ2n) is 7.60. The van der Waals surface area contributed by atoms with Crippen LogP contribution in [-0.2, 0) is 11.2 Å². The Hall–Kier alpha value is -2.37. The van der Waals surface area contributed by atoms with E-state index in [9.17, 15) is 4.79 Å². The van der Waals surface area contributed by atoms with E-state index in [2.05, 4.69) is 34.5 Å². The van der Waals surface area contributed by atoms with Crippen molar-refractivity contribution in [1.82, 2.24) is 4.90 Å². The number of hydrogen-bond acceptors (Lipinski definition) is 4. The van der Waals surface area contributed by atoms with Gasteiger partial charge in [0, 0.05) is 25.2 Å². The molecule has 0 spiro atoms. The fraction of sp³-hybridized carbons (Fsp3) is 0.409. The fourth-order valence-electron chi connectivity index (χ4n) is 4.35. The second-order valence-corrected chi connectivity index (χ2v) is 7.60. The molecule has 5 heteroatoms. The molecule has 27 heavy (non-hydrogen) atoms. The SMILES string of the molecule is CC(=O)Nc1cccc(O[C@@H]2c3ccccc3C[C@H]2N2CCC(CN)C2)c1. The standard InChI is InChI=1S/C22H27N3O2/c1-15(26)24-18-6-4-7-19(12-18)27-22-20-8-3-2-5-17(20)11-21(22)25-10-9-16(13-23)14-25/h2-8,12,16,21-22H,9-11,13-14,23H2,1H3,(H,24,26)/t16?,21-,22-/m1/s1. The maximum absolute atomic E-state index is 11.3. The van der Waals surface area contributed by atoms with E-state index in [4.69, 9.17) is 10.5 Å². The summed E-state index contributed by atoms with van der Waals surface area (Å²) in [6.45, 7) is 4.38. The number of rotatable bonds is 5. The van der Waals surface area contributed by atoms with Crippen LogP contribution in [0, 0.1) is 5.92 Å². The zero-order chi connectivity index (χ0) is 18.8. The van der Waals surface area contributed by atoms with E-state index in [1.54, 1.807) is 0 Å². The molecule has 1 heterocycles. The van der Waals surface area contributed by atoms with Crippen molar-refractivity contribution in [1.29, 1.82) is 0 Å². The largest absolute Gasteiger partial charge is 0.484 e. The monoisotopic (exact) mass is 365 g/mol. The fourth-order valence-corrected chi connectivity index (χ4v) is 4.35. The molecule has 142 valence electrons. The van der Waals surface area contributed by atoms with Gasteiger partial charge in [-0.3, -0.25) is 9.69 Å². The third-order valence-electron chi connectivity index (χ3n) is 5.68. The molecule has 1 saturated heterocycles. The summed E-state index contributed by atoms with van der Waals surface area (Å²) < 4.78 is 6.49. The predicted octanol–water partition coefficient (Wildman–Crippen LogP) is 2.97. The Balaban J connectivity index is 1.58. The zero-order valence-electron chi connectivity index (χ0n) is 15.7. The summed E-state index contributed by atoms with van der Waals surface area (Å²) in [6.07, 6.45) is 2.16. The van der Waals surface area contributed by atoms with Gasteiger partial charge in [0.15, 0.2) is 0 Å². The van der Waals surface area contributed by atoms with Gasteiger partial charge in [0.2, 0.25) is 5.91 Å². The first-order chi connectivity index (χ1) is 13.1. The lowest BCUT2D eigenvalue weighted by molar-refractivity contribution is -0.114. The molecule has 2 aliphatic rings. The maximum atomic E-state index is 11.3. The molecule has 1 aliphatic heterocycles. The summed E-state index contributed by atoms with van der Waals surface area (Å²) in [5.74, 6) is 1.28. The highest BCUT2D eigenvalue weighted by Crippen LogP contribution is 2.39. The number of amides is 1. The van der Waals surface area contributed by atoms with Crippen LogP contribution < -0.4 is 15.8 Å². The van der Waals surface area contributed by atoms with Crippen molar-refractivity contribution in [3.8, 4) is 5.75 Å². The van der Waals surface area contributed by atoms with E-state index in [1.807, 2.05) is 24.3 Å². The molecular formula is C22H27N3O2. The van der Waals surface area contributed by atoms with Gasteiger partial charge < -0.3 is 15.8 Å². The molecule has 1 amide bonds. The minimum absolute atomic E-state index is 0.00898. The summed E-state index contributed by atoms with van der Waals surface area (Å²) in [5.41, 5.74) is 9.29. The zero-order valence-corrected chi connectivity index (χ0v) is 15.7. The average Bonchev–Trinajstić information content (AvgIpc) is 3.26. The lowest BCUT2D eigenvalue weighted by Gasteiger charge is -2.30. The number of benzene rings is 2. The molecule has 0 aromatic heterocycles. The van der Waals surface area contributed by atoms with Crippen LogP contribution in [0.3, 0.4) is 0 Å². The molecule has 5 nitrogen and oxygen atoms in total. The molecular weight excluding hydrogens is 338 g/mol. The molecule has 1 fully saturated rings. The van der Waals surface area contributed by atoms with Crippen molar-refractivity contribution in [2.45, 2.75) is 31.9 Å². The summed E-state index contributed by atoms with van der Waals surface area (Å²) >= 11 is 0. The van der Waals surface area contributed by atoms with Crippen molar-refractivity contribution in [2.75, 3.05) is 25.0 Å². The highest BCUT2D eigenvalue weighted by Gasteiger charge is 2.40. The van der Waals surface area contributed by atoms with E-state index in [1.165, 1.54) is 18.1 Å². The molecule has 0 radical (unpaired) electrons. The number of hydrogen-bond donors (Lipinski definition) is 2. The number of nitrogens with zero attached hydrogens (tertiary/aromatic N) is 1. The van der Waals surface area contributed by atoms with Crippen LogP contribution in [0.2, 0.25) is 0 Å². The van der Waals surface area contributed by atoms with Crippen molar-refractivity contribution in [2.24, 2.45) is 11.7 Å². The number of anilines is 1. The Morgan fingerprint density at radius 1 is 1.26 bits per heavy atom. The lowest BCUT2D eigenvalue weighted by Crippen LogP contribution is -2.39. The predicted molar refractivity (Wildman–Crippen MR) is 107 cm³/mol. The number of carbonyl (C=O) groups excluding carboxylic acids is 1. The van der Waals surface area contributed by atoms with E-state index in [0.29, 0.717) is 12.0 Å². The van der Waals surface area contributed by atoms with E-state index < -0.39 is 0 Å². The van der Waals surface area contributed by atoms with Gasteiger partial charge in [-0.05, 0) is 55.1 Å². The first kappa shape index (κ1) is 18.0. The van der Waals surface area contributed by atoms with Crippen molar-refractivity contribution in [3.05, 3.63) is 59.7 Å². The summed E-state index contributed by atoms with van der Waals surface area (Å²) in [4.78, 5) is 13.9. The summed E-state index contributed by atoms with van der Waals surface area (Å²) in [7, 11) is 0. The van der Waals surface area contributed by atoms with Gasteiger partial charge in [-0.15, -0.1) is 0 Å². The summed E-state index contributed by atoms with van der Waals surface area (Å²) in [5, 5.41) is 2.83. The molecule has 2 aromatic rings. The van der Waals surface area contributed by atoms with Crippen LogP contribution in [0.15, 0.2) is 48.5 Å². The molecule has 3 N–H and O–H groups in total. The third-order valence-corrected chi connectivity index (χ3v) is 5.68. The van der Waals surface area contributed by atoms with E-state index in [-0.39, 0.29) is 12.0 Å². The lowest BCUT2D eigenvalue weighted by atomic mass is 10.1. The summed E-state index contributed by atoms with van der Waals surface area (Å²) in [6, 6.07) is 16.5. The van der Waals surface area contributed by atoms with Gasteiger partial charge in [0.05, 0.1) is 6.04 Å². The van der Waals surface area contributed by atoms with Gasteiger partial charge in [0.1, 0.15) is 11.9 Å². The first-order valence-corrected chi connectivity index (χ1v) is 9.70. The highest BCUT2D eigenvalue weighted by atomic mass is 16.5. The van der Waals surface area contributed by atoms with Gasteiger partial charge in [-0.1, -0.05) is 30.3 Å². The molecule has 4 rings (SSSR count). The Kier molecular flexibility index (Phi) is 5.14. The average molecular weight is 365 g/mol. The van der Waals surface area contributed by atoms with Gasteiger partial charge >= 0.3 is 0 Å². The minimum Gasteiger partial charge on any atom is -0.484 e. The highest BCUT2D eigenvalue weighted by molar-refractivity contribution is 5.88. The van der Waals surface area contributed by atoms with Crippen molar-refractivity contribution in [3.63, 3.8) is 0 Å². The van der Waals surface area contributed by atoms with Crippen LogP contribution in [0.1, 0.15) is 30.6 Å². The Bertz CT molecular complexity index is 823. The number of fused-ring (bicyclic) bond motifs is 1. The van der Waals surface area contributed by atoms with Crippen LogP contribution >= 0.6 is 0 Å². The van der Waals surface area contributed by atoms with Crippen molar-refractivity contribution >= 4 is 11.6 Å². The smallest absolute Gasteiger partial charge is 0.221 e. The number of ether oxygens (including phenoxy) is 1. The number of nitrogens with one attached hydrogen (secondary N) is 1. The van der Waals surface area contributed by atoms with E-state index in [0.717, 1.165) is 43.9 Å². The maximum Gasteiger partial charge on any atom is 0.221 e. The third kappa shape index (κ3) is 3.84. The van der Waals surface area contributed by atoms with Crippen molar-refractivity contribution < 1.29 is 9.53 Å². The normalized spacial score (nSPS) is 24.6.